The highest BCUT2D eigenvalue weighted by Gasteiger charge is 2.23. The number of hydrogen-bond acceptors (Lipinski definition) is 5. The zero-order valence-electron chi connectivity index (χ0n) is 15.1. The van der Waals surface area contributed by atoms with Crippen LogP contribution in [0.1, 0.15) is 16.1 Å². The Balaban J connectivity index is 1.35. The second-order valence-corrected chi connectivity index (χ2v) is 8.06. The molecular formula is C21H18N4O2S. The molecule has 2 aromatic heterocycles. The van der Waals surface area contributed by atoms with Crippen molar-refractivity contribution < 1.29 is 4.92 Å². The van der Waals surface area contributed by atoms with Crippen LogP contribution >= 0.6 is 11.3 Å². The molecule has 0 saturated carbocycles. The number of nitro benzene ring substituents is 1. The van der Waals surface area contributed by atoms with Crippen molar-refractivity contribution in [1.29, 1.82) is 0 Å². The molecule has 1 aliphatic heterocycles. The molecular weight excluding hydrogens is 372 g/mol. The normalized spacial score (nSPS) is 14.3. The minimum atomic E-state index is -0.359. The van der Waals surface area contributed by atoms with Crippen LogP contribution in [0.5, 0.6) is 0 Å². The summed E-state index contributed by atoms with van der Waals surface area (Å²) in [6, 6.07) is 17.1. The number of fused-ring (bicyclic) bond motifs is 3. The Bertz CT molecular complexity index is 1150. The summed E-state index contributed by atoms with van der Waals surface area (Å²) in [5.41, 5.74) is 4.75. The second kappa shape index (κ2) is 6.85. The summed E-state index contributed by atoms with van der Waals surface area (Å²) in [6.07, 6.45) is 3.12. The summed E-state index contributed by atoms with van der Waals surface area (Å²) in [5, 5.41) is 10.8. The van der Waals surface area contributed by atoms with E-state index >= 15 is 0 Å². The molecule has 0 bridgehead atoms. The molecule has 0 N–H and O–H groups in total. The van der Waals surface area contributed by atoms with E-state index in [1.807, 2.05) is 30.3 Å². The monoisotopic (exact) mass is 390 g/mol. The first-order valence-electron chi connectivity index (χ1n) is 9.18. The number of non-ortho nitro benzene ring substituents is 1. The molecule has 0 fully saturated rings. The summed E-state index contributed by atoms with van der Waals surface area (Å²) in [4.78, 5) is 20.1. The van der Waals surface area contributed by atoms with Crippen molar-refractivity contribution in [2.45, 2.75) is 19.5 Å². The molecule has 7 heteroatoms. The Hall–Kier alpha value is -3.03. The first-order chi connectivity index (χ1) is 13.7. The summed E-state index contributed by atoms with van der Waals surface area (Å²) < 4.78 is 2.24. The van der Waals surface area contributed by atoms with Crippen molar-refractivity contribution in [3.8, 4) is 11.3 Å². The van der Waals surface area contributed by atoms with Crippen LogP contribution in [-0.4, -0.2) is 25.8 Å². The molecule has 0 unspecified atom stereocenters. The van der Waals surface area contributed by atoms with Crippen LogP contribution < -0.4 is 0 Å². The lowest BCUT2D eigenvalue weighted by atomic mass is 10.1. The molecule has 4 aromatic rings. The van der Waals surface area contributed by atoms with Crippen LogP contribution in [0.25, 0.3) is 16.2 Å². The Labute approximate surface area is 165 Å². The molecule has 0 atom stereocenters. The third-order valence-electron chi connectivity index (χ3n) is 5.16. The Morgan fingerprint density at radius 1 is 1.11 bits per heavy atom. The van der Waals surface area contributed by atoms with Gasteiger partial charge >= 0.3 is 0 Å². The summed E-state index contributed by atoms with van der Waals surface area (Å²) in [7, 11) is 0. The molecule has 0 amide bonds. The zero-order valence-corrected chi connectivity index (χ0v) is 15.9. The van der Waals surface area contributed by atoms with Crippen molar-refractivity contribution in [3.63, 3.8) is 0 Å². The number of benzene rings is 2. The van der Waals surface area contributed by atoms with Crippen molar-refractivity contribution in [3.05, 3.63) is 87.0 Å². The average Bonchev–Trinajstić information content (AvgIpc) is 3.27. The number of aromatic nitrogens is 2. The van der Waals surface area contributed by atoms with E-state index in [4.69, 9.17) is 4.98 Å². The van der Waals surface area contributed by atoms with Gasteiger partial charge in [0.1, 0.15) is 0 Å². The van der Waals surface area contributed by atoms with Gasteiger partial charge in [-0.1, -0.05) is 53.8 Å². The minimum Gasteiger partial charge on any atom is -0.294 e. The van der Waals surface area contributed by atoms with Crippen LogP contribution in [0.3, 0.4) is 0 Å². The molecule has 140 valence electrons. The lowest BCUT2D eigenvalue weighted by Gasteiger charge is -2.26. The van der Waals surface area contributed by atoms with Crippen LogP contribution in [0, 0.1) is 10.1 Å². The average molecular weight is 390 g/mol. The molecule has 0 radical (unpaired) electrons. The Morgan fingerprint density at radius 2 is 1.89 bits per heavy atom. The zero-order chi connectivity index (χ0) is 19.1. The number of hydrogen-bond donors (Lipinski definition) is 0. The number of imidazole rings is 1. The van der Waals surface area contributed by atoms with Crippen LogP contribution in [0.15, 0.2) is 60.8 Å². The van der Waals surface area contributed by atoms with Gasteiger partial charge in [-0.15, -0.1) is 0 Å². The Kier molecular flexibility index (Phi) is 4.18. The maximum atomic E-state index is 10.8. The molecule has 0 saturated heterocycles. The van der Waals surface area contributed by atoms with Gasteiger partial charge in [0.05, 0.1) is 10.6 Å². The van der Waals surface area contributed by atoms with Crippen LogP contribution in [-0.2, 0) is 19.5 Å². The largest absolute Gasteiger partial charge is 0.294 e. The van der Waals surface area contributed by atoms with E-state index in [-0.39, 0.29) is 10.6 Å². The van der Waals surface area contributed by atoms with Crippen molar-refractivity contribution in [2.24, 2.45) is 0 Å². The first-order valence-corrected chi connectivity index (χ1v) is 10.00. The van der Waals surface area contributed by atoms with Gasteiger partial charge in [-0.05, 0) is 5.56 Å². The standard InChI is InChI=1S/C21H18N4O2S/c26-25(27)17-8-6-15(7-9-17)12-23-11-10-19-20(14-23)28-21-22-18(13-24(19)21)16-4-2-1-3-5-16/h1-9,13H,10-12,14H2. The molecule has 0 aliphatic carbocycles. The number of thiazole rings is 1. The fraction of sp³-hybridized carbons (Fsp3) is 0.190. The maximum Gasteiger partial charge on any atom is 0.269 e. The SMILES string of the molecule is O=[N+]([O-])c1ccc(CN2CCc3c(sc4nc(-c5ccccc5)cn34)C2)cc1. The van der Waals surface area contributed by atoms with E-state index in [0.29, 0.717) is 0 Å². The van der Waals surface area contributed by atoms with Gasteiger partial charge in [0.2, 0.25) is 0 Å². The van der Waals surface area contributed by atoms with Crippen molar-refractivity contribution in [1.82, 2.24) is 14.3 Å². The van der Waals surface area contributed by atoms with Crippen LogP contribution in [0.2, 0.25) is 0 Å². The van der Waals surface area contributed by atoms with Crippen molar-refractivity contribution in [2.75, 3.05) is 6.54 Å². The number of nitrogens with zero attached hydrogens (tertiary/aromatic N) is 4. The van der Waals surface area contributed by atoms with E-state index in [1.165, 1.54) is 10.6 Å². The third kappa shape index (κ3) is 3.08. The van der Waals surface area contributed by atoms with E-state index in [2.05, 4.69) is 27.6 Å². The third-order valence-corrected chi connectivity index (χ3v) is 6.24. The molecule has 6 nitrogen and oxygen atoms in total. The highest BCUT2D eigenvalue weighted by atomic mass is 32.1. The van der Waals surface area contributed by atoms with E-state index in [9.17, 15) is 10.1 Å². The fourth-order valence-electron chi connectivity index (χ4n) is 3.73. The first kappa shape index (κ1) is 17.1. The van der Waals surface area contributed by atoms with E-state index in [0.717, 1.165) is 47.8 Å². The molecule has 3 heterocycles. The topological polar surface area (TPSA) is 63.7 Å². The smallest absolute Gasteiger partial charge is 0.269 e. The summed E-state index contributed by atoms with van der Waals surface area (Å²) >= 11 is 1.76. The van der Waals surface area contributed by atoms with Gasteiger partial charge in [0.15, 0.2) is 4.96 Å². The highest BCUT2D eigenvalue weighted by molar-refractivity contribution is 7.17. The summed E-state index contributed by atoms with van der Waals surface area (Å²) in [5.74, 6) is 0. The number of rotatable bonds is 4. The lowest BCUT2D eigenvalue weighted by molar-refractivity contribution is -0.384. The Morgan fingerprint density at radius 3 is 2.64 bits per heavy atom. The predicted molar refractivity (Wildman–Crippen MR) is 109 cm³/mol. The number of nitro groups is 1. The highest BCUT2D eigenvalue weighted by Crippen LogP contribution is 2.31. The molecule has 2 aromatic carbocycles. The molecule has 5 rings (SSSR count). The molecule has 0 spiro atoms. The van der Waals surface area contributed by atoms with Crippen LogP contribution in [0.4, 0.5) is 5.69 Å². The van der Waals surface area contributed by atoms with Gasteiger partial charge in [0, 0.05) is 60.5 Å². The van der Waals surface area contributed by atoms with Gasteiger partial charge < -0.3 is 0 Å². The second-order valence-electron chi connectivity index (χ2n) is 7.00. The fourth-order valence-corrected chi connectivity index (χ4v) is 4.92. The van der Waals surface area contributed by atoms with Crippen molar-refractivity contribution >= 4 is 22.0 Å². The maximum absolute atomic E-state index is 10.8. The molecule has 1 aliphatic rings. The van der Waals surface area contributed by atoms with E-state index < -0.39 is 0 Å². The van der Waals surface area contributed by atoms with Gasteiger partial charge in [0.25, 0.3) is 5.69 Å². The lowest BCUT2D eigenvalue weighted by Crippen LogP contribution is -2.29. The van der Waals surface area contributed by atoms with Gasteiger partial charge in [-0.25, -0.2) is 4.98 Å². The minimum absolute atomic E-state index is 0.137. The van der Waals surface area contributed by atoms with Gasteiger partial charge in [-0.2, -0.15) is 0 Å². The van der Waals surface area contributed by atoms with Gasteiger partial charge in [-0.3, -0.25) is 19.4 Å². The van der Waals surface area contributed by atoms with E-state index in [1.54, 1.807) is 23.5 Å². The summed E-state index contributed by atoms with van der Waals surface area (Å²) in [6.45, 7) is 2.66. The predicted octanol–water partition coefficient (Wildman–Crippen LogP) is 4.53. The molecule has 28 heavy (non-hydrogen) atoms. The quantitative estimate of drug-likeness (QED) is 0.379.